The average Bonchev–Trinajstić information content (AvgIpc) is 3.34. The Bertz CT molecular complexity index is 1050. The van der Waals surface area contributed by atoms with Crippen molar-refractivity contribution in [3.8, 4) is 0 Å². The summed E-state index contributed by atoms with van der Waals surface area (Å²) < 4.78 is 19.8. The van der Waals surface area contributed by atoms with Gasteiger partial charge in [0, 0.05) is 30.9 Å². The van der Waals surface area contributed by atoms with Gasteiger partial charge in [0.15, 0.2) is 0 Å². The van der Waals surface area contributed by atoms with E-state index in [2.05, 4.69) is 10.6 Å². The second kappa shape index (κ2) is 9.72. The van der Waals surface area contributed by atoms with Gasteiger partial charge in [-0.15, -0.1) is 11.3 Å². The number of halogens is 1. The second-order valence-electron chi connectivity index (χ2n) is 7.08. The minimum atomic E-state index is -0.378. The maximum atomic E-state index is 14.5. The van der Waals surface area contributed by atoms with E-state index in [1.54, 1.807) is 42.5 Å². The van der Waals surface area contributed by atoms with Crippen molar-refractivity contribution in [1.29, 1.82) is 0 Å². The third-order valence-corrected chi connectivity index (χ3v) is 5.84. The number of ether oxygens (including phenoxy) is 1. The number of amides is 2. The van der Waals surface area contributed by atoms with Gasteiger partial charge in [-0.2, -0.15) is 0 Å². The van der Waals surface area contributed by atoms with Gasteiger partial charge in [-0.1, -0.05) is 18.2 Å². The molecule has 0 atom stereocenters. The van der Waals surface area contributed by atoms with Crippen molar-refractivity contribution in [3.05, 3.63) is 81.8 Å². The number of morpholine rings is 1. The van der Waals surface area contributed by atoms with E-state index in [-0.39, 0.29) is 17.6 Å². The molecule has 6 nitrogen and oxygen atoms in total. The van der Waals surface area contributed by atoms with E-state index in [1.807, 2.05) is 16.3 Å². The molecule has 2 aromatic carbocycles. The molecule has 8 heteroatoms. The van der Waals surface area contributed by atoms with Gasteiger partial charge >= 0.3 is 0 Å². The molecule has 0 bridgehead atoms. The maximum absolute atomic E-state index is 14.5. The fourth-order valence-corrected chi connectivity index (χ4v) is 3.94. The predicted molar refractivity (Wildman–Crippen MR) is 119 cm³/mol. The first-order valence-electron chi connectivity index (χ1n) is 9.94. The standard InChI is InChI=1S/C23H22FN3O3S/c24-19-14-18(7-8-20(19)27-9-11-30-12-10-27)26-22(28)17-5-3-16(4-6-17)15-25-23(29)21-2-1-13-31-21/h1-8,13-14H,9-12,15H2,(H,25,29)(H,26,28). The van der Waals surface area contributed by atoms with Gasteiger partial charge in [0.05, 0.1) is 23.8 Å². The molecule has 0 aliphatic carbocycles. The lowest BCUT2D eigenvalue weighted by atomic mass is 10.1. The zero-order valence-electron chi connectivity index (χ0n) is 16.8. The lowest BCUT2D eigenvalue weighted by Crippen LogP contribution is -2.36. The highest BCUT2D eigenvalue weighted by Gasteiger charge is 2.16. The Morgan fingerprint density at radius 2 is 1.81 bits per heavy atom. The molecule has 3 aromatic rings. The number of thiophene rings is 1. The molecule has 0 spiro atoms. The van der Waals surface area contributed by atoms with Crippen LogP contribution in [0, 0.1) is 5.82 Å². The first kappa shape index (κ1) is 21.0. The van der Waals surface area contributed by atoms with Crippen LogP contribution in [-0.2, 0) is 11.3 Å². The molecule has 0 saturated carbocycles. The van der Waals surface area contributed by atoms with Crippen LogP contribution in [0.1, 0.15) is 25.6 Å². The summed E-state index contributed by atoms with van der Waals surface area (Å²) >= 11 is 1.38. The third kappa shape index (κ3) is 5.28. The largest absolute Gasteiger partial charge is 0.378 e. The molecular formula is C23H22FN3O3S. The smallest absolute Gasteiger partial charge is 0.261 e. The van der Waals surface area contributed by atoms with Crippen molar-refractivity contribution in [3.63, 3.8) is 0 Å². The molecule has 1 saturated heterocycles. The van der Waals surface area contributed by atoms with Gasteiger partial charge in [-0.3, -0.25) is 9.59 Å². The number of benzene rings is 2. The van der Waals surface area contributed by atoms with Crippen LogP contribution >= 0.6 is 11.3 Å². The number of carbonyl (C=O) groups is 2. The summed E-state index contributed by atoms with van der Waals surface area (Å²) in [7, 11) is 0. The number of carbonyl (C=O) groups excluding carboxylic acids is 2. The Kier molecular flexibility index (Phi) is 6.59. The second-order valence-corrected chi connectivity index (χ2v) is 8.02. The van der Waals surface area contributed by atoms with E-state index < -0.39 is 0 Å². The quantitative estimate of drug-likeness (QED) is 0.611. The molecule has 1 fully saturated rings. The number of hydrogen-bond donors (Lipinski definition) is 2. The number of hydrogen-bond acceptors (Lipinski definition) is 5. The summed E-state index contributed by atoms with van der Waals surface area (Å²) in [6.45, 7) is 2.80. The summed E-state index contributed by atoms with van der Waals surface area (Å²) in [5.41, 5.74) is 2.23. The summed E-state index contributed by atoms with van der Waals surface area (Å²) in [5.74, 6) is -0.830. The number of nitrogens with one attached hydrogen (secondary N) is 2. The van der Waals surface area contributed by atoms with Gasteiger partial charge in [-0.25, -0.2) is 4.39 Å². The first-order chi connectivity index (χ1) is 15.1. The highest BCUT2D eigenvalue weighted by Crippen LogP contribution is 2.24. The molecule has 1 aliphatic heterocycles. The average molecular weight is 440 g/mol. The molecule has 4 rings (SSSR count). The Morgan fingerprint density at radius 1 is 1.03 bits per heavy atom. The molecule has 0 unspecified atom stereocenters. The molecule has 1 aromatic heterocycles. The van der Waals surface area contributed by atoms with Crippen molar-refractivity contribution < 1.29 is 18.7 Å². The van der Waals surface area contributed by atoms with Crippen LogP contribution in [0.5, 0.6) is 0 Å². The van der Waals surface area contributed by atoms with Gasteiger partial charge in [-0.05, 0) is 47.3 Å². The molecule has 2 N–H and O–H groups in total. The van der Waals surface area contributed by atoms with E-state index in [4.69, 9.17) is 4.74 Å². The SMILES string of the molecule is O=C(Nc1ccc(N2CCOCC2)c(F)c1)c1ccc(CNC(=O)c2cccs2)cc1. The lowest BCUT2D eigenvalue weighted by Gasteiger charge is -2.29. The van der Waals surface area contributed by atoms with E-state index in [0.29, 0.717) is 54.7 Å². The topological polar surface area (TPSA) is 70.7 Å². The molecule has 160 valence electrons. The Morgan fingerprint density at radius 3 is 2.48 bits per heavy atom. The molecule has 2 heterocycles. The van der Waals surface area contributed by atoms with Crippen molar-refractivity contribution in [1.82, 2.24) is 5.32 Å². The lowest BCUT2D eigenvalue weighted by molar-refractivity contribution is 0.0953. The molecular weight excluding hydrogens is 417 g/mol. The van der Waals surface area contributed by atoms with Crippen LogP contribution in [0.4, 0.5) is 15.8 Å². The predicted octanol–water partition coefficient (Wildman–Crippen LogP) is 3.91. The Labute approximate surface area is 183 Å². The summed E-state index contributed by atoms with van der Waals surface area (Å²) in [6, 6.07) is 15.2. The van der Waals surface area contributed by atoms with E-state index in [1.165, 1.54) is 17.4 Å². The van der Waals surface area contributed by atoms with Crippen molar-refractivity contribution in [2.45, 2.75) is 6.54 Å². The Hall–Kier alpha value is -3.23. The highest BCUT2D eigenvalue weighted by molar-refractivity contribution is 7.12. The molecule has 0 radical (unpaired) electrons. The van der Waals surface area contributed by atoms with Crippen LogP contribution in [0.3, 0.4) is 0 Å². The van der Waals surface area contributed by atoms with Gasteiger partial charge in [0.2, 0.25) is 0 Å². The van der Waals surface area contributed by atoms with Crippen LogP contribution in [-0.4, -0.2) is 38.1 Å². The van der Waals surface area contributed by atoms with Crippen LogP contribution < -0.4 is 15.5 Å². The minimum absolute atomic E-state index is 0.126. The fraction of sp³-hybridized carbons (Fsp3) is 0.217. The van der Waals surface area contributed by atoms with E-state index in [0.717, 1.165) is 5.56 Å². The minimum Gasteiger partial charge on any atom is -0.378 e. The highest BCUT2D eigenvalue weighted by atomic mass is 32.1. The monoisotopic (exact) mass is 439 g/mol. The van der Waals surface area contributed by atoms with Gasteiger partial charge < -0.3 is 20.3 Å². The summed E-state index contributed by atoms with van der Waals surface area (Å²) in [4.78, 5) is 27.1. The molecule has 2 amide bonds. The van der Waals surface area contributed by atoms with Crippen LogP contribution in [0.25, 0.3) is 0 Å². The number of anilines is 2. The van der Waals surface area contributed by atoms with E-state index in [9.17, 15) is 14.0 Å². The van der Waals surface area contributed by atoms with Gasteiger partial charge in [0.25, 0.3) is 11.8 Å². The third-order valence-electron chi connectivity index (χ3n) is 4.97. The van der Waals surface area contributed by atoms with E-state index >= 15 is 0 Å². The zero-order chi connectivity index (χ0) is 21.6. The number of rotatable bonds is 6. The number of nitrogens with zero attached hydrogens (tertiary/aromatic N) is 1. The summed E-state index contributed by atoms with van der Waals surface area (Å²) in [5, 5.41) is 7.42. The maximum Gasteiger partial charge on any atom is 0.261 e. The summed E-state index contributed by atoms with van der Waals surface area (Å²) in [6.07, 6.45) is 0. The van der Waals surface area contributed by atoms with Crippen molar-refractivity contribution in [2.24, 2.45) is 0 Å². The van der Waals surface area contributed by atoms with Crippen molar-refractivity contribution in [2.75, 3.05) is 36.5 Å². The first-order valence-corrected chi connectivity index (χ1v) is 10.8. The van der Waals surface area contributed by atoms with Crippen molar-refractivity contribution >= 4 is 34.5 Å². The zero-order valence-corrected chi connectivity index (χ0v) is 17.6. The van der Waals surface area contributed by atoms with Gasteiger partial charge in [0.1, 0.15) is 5.82 Å². The molecule has 1 aliphatic rings. The van der Waals surface area contributed by atoms with Crippen LogP contribution in [0.2, 0.25) is 0 Å². The molecule has 31 heavy (non-hydrogen) atoms. The normalized spacial score (nSPS) is 13.6. The van der Waals surface area contributed by atoms with Crippen LogP contribution in [0.15, 0.2) is 60.0 Å². The fourth-order valence-electron chi connectivity index (χ4n) is 3.30. The Balaban J connectivity index is 1.34.